The molecule has 1 heterocycles. The zero-order chi connectivity index (χ0) is 13.8. The van der Waals surface area contributed by atoms with E-state index in [4.69, 9.17) is 11.6 Å². The predicted molar refractivity (Wildman–Crippen MR) is 73.8 cm³/mol. The van der Waals surface area contributed by atoms with Gasteiger partial charge in [-0.25, -0.2) is 0 Å². The van der Waals surface area contributed by atoms with Gasteiger partial charge in [0.25, 0.3) is 0 Å². The first-order chi connectivity index (χ1) is 9.09. The fraction of sp³-hybridized carbons (Fsp3) is 0.385. The molecule has 2 rings (SSSR count). The van der Waals surface area contributed by atoms with Crippen molar-refractivity contribution in [3.05, 3.63) is 47.0 Å². The Kier molecular flexibility index (Phi) is 4.52. The number of aryl methyl sites for hydroxylation is 1. The number of aliphatic hydroxyl groups excluding tert-OH is 1. The lowest BCUT2D eigenvalue weighted by atomic mass is 10.1. The summed E-state index contributed by atoms with van der Waals surface area (Å²) in [5.74, 6) is 0.825. The highest BCUT2D eigenvalue weighted by molar-refractivity contribution is 6.31. The number of halogens is 1. The van der Waals surface area contributed by atoms with Gasteiger partial charge in [0.2, 0.25) is 0 Å². The van der Waals surface area contributed by atoms with Crippen LogP contribution in [0.25, 0.3) is 0 Å². The van der Waals surface area contributed by atoms with E-state index in [0.29, 0.717) is 11.6 Å². The summed E-state index contributed by atoms with van der Waals surface area (Å²) in [6, 6.07) is 7.29. The van der Waals surface area contributed by atoms with Crippen molar-refractivity contribution >= 4 is 11.6 Å². The van der Waals surface area contributed by atoms with Crippen LogP contribution in [0.15, 0.2) is 30.6 Å². The molecule has 0 radical (unpaired) electrons. The molecular weight excluding hydrogens is 264 g/mol. The normalized spacial score (nSPS) is 14.3. The lowest BCUT2D eigenvalue weighted by molar-refractivity contribution is 0.170. The number of rotatable bonds is 5. The molecule has 102 valence electrons. The number of hydrogen-bond acceptors (Lipinski definition) is 4. The third-order valence-electron chi connectivity index (χ3n) is 3.02. The van der Waals surface area contributed by atoms with Crippen molar-refractivity contribution in [3.8, 4) is 0 Å². The fourth-order valence-electron chi connectivity index (χ4n) is 1.92. The Labute approximate surface area is 117 Å². The molecule has 2 N–H and O–H groups in total. The van der Waals surface area contributed by atoms with Gasteiger partial charge < -0.3 is 15.0 Å². The fourth-order valence-corrected chi connectivity index (χ4v) is 2.18. The Morgan fingerprint density at radius 1 is 1.42 bits per heavy atom. The molecule has 2 unspecified atom stereocenters. The SMILES string of the molecule is CC(NCC(O)c1ccccc1Cl)c1nncn1C. The molecule has 0 amide bonds. The molecule has 0 saturated carbocycles. The van der Waals surface area contributed by atoms with E-state index in [1.807, 2.05) is 36.7 Å². The quantitative estimate of drug-likeness (QED) is 0.877. The van der Waals surface area contributed by atoms with Crippen LogP contribution in [0.4, 0.5) is 0 Å². The van der Waals surface area contributed by atoms with E-state index in [9.17, 15) is 5.11 Å². The summed E-state index contributed by atoms with van der Waals surface area (Å²) >= 11 is 6.04. The maximum absolute atomic E-state index is 10.1. The molecule has 19 heavy (non-hydrogen) atoms. The molecule has 0 aliphatic carbocycles. The minimum absolute atomic E-state index is 0.00429. The standard InChI is InChI=1S/C13H17ClN4O/c1-9(13-17-16-8-18(13)2)15-7-12(19)10-5-3-4-6-11(10)14/h3-6,8-9,12,15,19H,7H2,1-2H3. The Bertz CT molecular complexity index is 543. The lowest BCUT2D eigenvalue weighted by Gasteiger charge is -2.17. The average molecular weight is 281 g/mol. The number of nitrogens with one attached hydrogen (secondary N) is 1. The zero-order valence-corrected chi connectivity index (χ0v) is 11.7. The first-order valence-corrected chi connectivity index (χ1v) is 6.47. The third kappa shape index (κ3) is 3.32. The number of benzene rings is 1. The van der Waals surface area contributed by atoms with Gasteiger partial charge in [-0.05, 0) is 13.0 Å². The number of aliphatic hydroxyl groups is 1. The molecule has 1 aromatic heterocycles. The van der Waals surface area contributed by atoms with Gasteiger partial charge in [0.15, 0.2) is 0 Å². The summed E-state index contributed by atoms with van der Waals surface area (Å²) < 4.78 is 1.85. The number of hydrogen-bond donors (Lipinski definition) is 2. The maximum atomic E-state index is 10.1. The van der Waals surface area contributed by atoms with Crippen LogP contribution in [-0.2, 0) is 7.05 Å². The highest BCUT2D eigenvalue weighted by atomic mass is 35.5. The van der Waals surface area contributed by atoms with Crippen molar-refractivity contribution < 1.29 is 5.11 Å². The van der Waals surface area contributed by atoms with Crippen molar-refractivity contribution in [2.24, 2.45) is 7.05 Å². The summed E-state index contributed by atoms with van der Waals surface area (Å²) in [6.07, 6.45) is 1.00. The molecular formula is C13H17ClN4O. The molecule has 6 heteroatoms. The van der Waals surface area contributed by atoms with Crippen LogP contribution in [0, 0.1) is 0 Å². The first-order valence-electron chi connectivity index (χ1n) is 6.09. The van der Waals surface area contributed by atoms with E-state index in [1.54, 1.807) is 12.4 Å². The van der Waals surface area contributed by atoms with Gasteiger partial charge in [-0.1, -0.05) is 29.8 Å². The van der Waals surface area contributed by atoms with Gasteiger partial charge in [-0.3, -0.25) is 0 Å². The largest absolute Gasteiger partial charge is 0.387 e. The maximum Gasteiger partial charge on any atom is 0.149 e. The Morgan fingerprint density at radius 2 is 2.16 bits per heavy atom. The molecule has 0 bridgehead atoms. The Morgan fingerprint density at radius 3 is 2.79 bits per heavy atom. The minimum Gasteiger partial charge on any atom is -0.387 e. The van der Waals surface area contributed by atoms with Crippen molar-refractivity contribution in [1.82, 2.24) is 20.1 Å². The summed E-state index contributed by atoms with van der Waals surface area (Å²) in [4.78, 5) is 0. The van der Waals surface area contributed by atoms with E-state index in [0.717, 1.165) is 11.4 Å². The highest BCUT2D eigenvalue weighted by Gasteiger charge is 2.15. The van der Waals surface area contributed by atoms with Gasteiger partial charge >= 0.3 is 0 Å². The number of aromatic nitrogens is 3. The third-order valence-corrected chi connectivity index (χ3v) is 3.36. The molecule has 0 aliphatic heterocycles. The van der Waals surface area contributed by atoms with Crippen LogP contribution in [0.1, 0.15) is 30.5 Å². The molecule has 1 aromatic carbocycles. The predicted octanol–water partition coefficient (Wildman–Crippen LogP) is 1.85. The van der Waals surface area contributed by atoms with E-state index in [1.165, 1.54) is 0 Å². The van der Waals surface area contributed by atoms with Gasteiger partial charge in [-0.15, -0.1) is 10.2 Å². The summed E-state index contributed by atoms with van der Waals surface area (Å²) in [5.41, 5.74) is 0.724. The second-order valence-electron chi connectivity index (χ2n) is 4.47. The van der Waals surface area contributed by atoms with Crippen molar-refractivity contribution in [2.75, 3.05) is 6.54 Å². The van der Waals surface area contributed by atoms with Crippen molar-refractivity contribution in [2.45, 2.75) is 19.1 Å². The van der Waals surface area contributed by atoms with Gasteiger partial charge in [0, 0.05) is 24.2 Å². The van der Waals surface area contributed by atoms with Crippen LogP contribution >= 0.6 is 11.6 Å². The van der Waals surface area contributed by atoms with E-state index >= 15 is 0 Å². The van der Waals surface area contributed by atoms with Crippen LogP contribution in [0.3, 0.4) is 0 Å². The lowest BCUT2D eigenvalue weighted by Crippen LogP contribution is -2.26. The molecule has 0 fully saturated rings. The average Bonchev–Trinajstić information content (AvgIpc) is 2.82. The molecule has 5 nitrogen and oxygen atoms in total. The van der Waals surface area contributed by atoms with E-state index < -0.39 is 6.10 Å². The van der Waals surface area contributed by atoms with Gasteiger partial charge in [0.05, 0.1) is 12.1 Å². The first kappa shape index (κ1) is 14.0. The molecule has 0 spiro atoms. The molecule has 2 atom stereocenters. The van der Waals surface area contributed by atoms with Crippen LogP contribution in [0.2, 0.25) is 5.02 Å². The number of nitrogens with zero attached hydrogens (tertiary/aromatic N) is 3. The van der Waals surface area contributed by atoms with E-state index in [-0.39, 0.29) is 6.04 Å². The Balaban J connectivity index is 1.96. The van der Waals surface area contributed by atoms with Crippen molar-refractivity contribution in [3.63, 3.8) is 0 Å². The van der Waals surface area contributed by atoms with E-state index in [2.05, 4.69) is 15.5 Å². The second kappa shape index (κ2) is 6.14. The zero-order valence-electron chi connectivity index (χ0n) is 10.9. The topological polar surface area (TPSA) is 63.0 Å². The van der Waals surface area contributed by atoms with Gasteiger partial charge in [0.1, 0.15) is 12.2 Å². The smallest absolute Gasteiger partial charge is 0.149 e. The van der Waals surface area contributed by atoms with Crippen LogP contribution in [0.5, 0.6) is 0 Å². The molecule has 0 saturated heterocycles. The summed E-state index contributed by atoms with van der Waals surface area (Å²) in [7, 11) is 1.89. The Hall–Kier alpha value is -1.43. The highest BCUT2D eigenvalue weighted by Crippen LogP contribution is 2.22. The molecule has 0 aliphatic rings. The monoisotopic (exact) mass is 280 g/mol. The minimum atomic E-state index is -0.649. The van der Waals surface area contributed by atoms with Gasteiger partial charge in [-0.2, -0.15) is 0 Å². The van der Waals surface area contributed by atoms with Crippen LogP contribution in [-0.4, -0.2) is 26.4 Å². The second-order valence-corrected chi connectivity index (χ2v) is 4.87. The van der Waals surface area contributed by atoms with Crippen LogP contribution < -0.4 is 5.32 Å². The van der Waals surface area contributed by atoms with Crippen molar-refractivity contribution in [1.29, 1.82) is 0 Å². The summed E-state index contributed by atoms with van der Waals surface area (Å²) in [5, 5.41) is 21.8. The summed E-state index contributed by atoms with van der Waals surface area (Å²) in [6.45, 7) is 2.38. The molecule has 2 aromatic rings.